The van der Waals surface area contributed by atoms with E-state index in [-0.39, 0.29) is 0 Å². The van der Waals surface area contributed by atoms with Gasteiger partial charge in [-0.15, -0.1) is 0 Å². The van der Waals surface area contributed by atoms with Gasteiger partial charge in [-0.1, -0.05) is 5.16 Å². The topological polar surface area (TPSA) is 67.6 Å². The van der Waals surface area contributed by atoms with Crippen molar-refractivity contribution < 1.29 is 4.52 Å². The molecular formula is C9H6N4O. The SMILES string of the molecule is c1cnc2[nH]cc(-c3ncon3)c2c1. The van der Waals surface area contributed by atoms with Crippen LogP contribution in [-0.4, -0.2) is 20.1 Å². The predicted octanol–water partition coefficient (Wildman–Crippen LogP) is 1.61. The van der Waals surface area contributed by atoms with Crippen molar-refractivity contribution in [1.82, 2.24) is 20.1 Å². The molecule has 0 radical (unpaired) electrons. The molecule has 0 saturated carbocycles. The minimum atomic E-state index is 0.573. The van der Waals surface area contributed by atoms with E-state index < -0.39 is 0 Å². The molecule has 0 aliphatic carbocycles. The Morgan fingerprint density at radius 1 is 1.29 bits per heavy atom. The fraction of sp³-hybridized carbons (Fsp3) is 0. The lowest BCUT2D eigenvalue weighted by atomic mass is 10.2. The Bertz CT molecular complexity index is 555. The molecule has 0 atom stereocenters. The fourth-order valence-corrected chi connectivity index (χ4v) is 1.43. The standard InChI is InChI=1S/C9H6N4O/c1-2-6-7(9-12-5-14-13-9)4-11-8(6)10-3-1/h1-5H,(H,10,11). The van der Waals surface area contributed by atoms with Crippen LogP contribution in [-0.2, 0) is 0 Å². The summed E-state index contributed by atoms with van der Waals surface area (Å²) in [6.07, 6.45) is 4.87. The van der Waals surface area contributed by atoms with Gasteiger partial charge < -0.3 is 9.51 Å². The molecular weight excluding hydrogens is 180 g/mol. The second-order valence-electron chi connectivity index (χ2n) is 2.86. The molecule has 0 unspecified atom stereocenters. The Hall–Kier alpha value is -2.17. The van der Waals surface area contributed by atoms with E-state index >= 15 is 0 Å². The number of nitrogens with zero attached hydrogens (tertiary/aromatic N) is 3. The lowest BCUT2D eigenvalue weighted by molar-refractivity contribution is 0.419. The largest absolute Gasteiger partial charge is 0.345 e. The Kier molecular flexibility index (Phi) is 1.38. The van der Waals surface area contributed by atoms with Gasteiger partial charge in [0.25, 0.3) is 0 Å². The third-order valence-electron chi connectivity index (χ3n) is 2.05. The quantitative estimate of drug-likeness (QED) is 0.626. The van der Waals surface area contributed by atoms with E-state index in [4.69, 9.17) is 4.52 Å². The number of aromatic nitrogens is 4. The summed E-state index contributed by atoms with van der Waals surface area (Å²) in [4.78, 5) is 11.2. The van der Waals surface area contributed by atoms with Gasteiger partial charge >= 0.3 is 0 Å². The molecule has 5 heteroatoms. The maximum absolute atomic E-state index is 4.69. The minimum Gasteiger partial charge on any atom is -0.345 e. The van der Waals surface area contributed by atoms with Crippen LogP contribution in [0.4, 0.5) is 0 Å². The van der Waals surface area contributed by atoms with Gasteiger partial charge in [0.15, 0.2) is 0 Å². The van der Waals surface area contributed by atoms with E-state index in [1.165, 1.54) is 6.39 Å². The second kappa shape index (κ2) is 2.66. The molecule has 0 aromatic carbocycles. The van der Waals surface area contributed by atoms with Crippen LogP contribution in [0.5, 0.6) is 0 Å². The Morgan fingerprint density at radius 3 is 3.14 bits per heavy atom. The van der Waals surface area contributed by atoms with Crippen molar-refractivity contribution in [2.75, 3.05) is 0 Å². The summed E-state index contributed by atoms with van der Waals surface area (Å²) in [5.74, 6) is 0.573. The number of fused-ring (bicyclic) bond motifs is 1. The number of hydrogen-bond acceptors (Lipinski definition) is 4. The summed E-state index contributed by atoms with van der Waals surface area (Å²) < 4.78 is 4.69. The van der Waals surface area contributed by atoms with Crippen LogP contribution >= 0.6 is 0 Å². The van der Waals surface area contributed by atoms with Crippen molar-refractivity contribution >= 4 is 11.0 Å². The molecule has 0 fully saturated rings. The number of rotatable bonds is 1. The maximum atomic E-state index is 4.69. The van der Waals surface area contributed by atoms with E-state index in [0.717, 1.165) is 16.6 Å². The second-order valence-corrected chi connectivity index (χ2v) is 2.86. The van der Waals surface area contributed by atoms with Gasteiger partial charge in [-0.05, 0) is 12.1 Å². The molecule has 1 N–H and O–H groups in total. The molecule has 5 nitrogen and oxygen atoms in total. The van der Waals surface area contributed by atoms with Crippen molar-refractivity contribution in [2.45, 2.75) is 0 Å². The molecule has 3 aromatic heterocycles. The van der Waals surface area contributed by atoms with Crippen LogP contribution in [0.1, 0.15) is 0 Å². The van der Waals surface area contributed by atoms with Gasteiger partial charge in [-0.25, -0.2) is 4.98 Å². The lowest BCUT2D eigenvalue weighted by Gasteiger charge is -1.89. The fourth-order valence-electron chi connectivity index (χ4n) is 1.43. The summed E-state index contributed by atoms with van der Waals surface area (Å²) in [6, 6.07) is 3.84. The molecule has 3 heterocycles. The van der Waals surface area contributed by atoms with Crippen LogP contribution in [0.2, 0.25) is 0 Å². The summed E-state index contributed by atoms with van der Waals surface area (Å²) in [5, 5.41) is 4.77. The van der Waals surface area contributed by atoms with E-state index in [1.807, 2.05) is 18.3 Å². The van der Waals surface area contributed by atoms with Gasteiger partial charge in [-0.3, -0.25) is 0 Å². The third kappa shape index (κ3) is 0.922. The molecule has 14 heavy (non-hydrogen) atoms. The normalized spacial score (nSPS) is 10.9. The molecule has 3 rings (SSSR count). The summed E-state index contributed by atoms with van der Waals surface area (Å²) in [6.45, 7) is 0. The number of hydrogen-bond donors (Lipinski definition) is 1. The smallest absolute Gasteiger partial charge is 0.214 e. The van der Waals surface area contributed by atoms with Crippen molar-refractivity contribution in [2.24, 2.45) is 0 Å². The van der Waals surface area contributed by atoms with Crippen molar-refractivity contribution in [1.29, 1.82) is 0 Å². The van der Waals surface area contributed by atoms with Gasteiger partial charge in [-0.2, -0.15) is 4.98 Å². The predicted molar refractivity (Wildman–Crippen MR) is 49.4 cm³/mol. The molecule has 0 spiro atoms. The first-order chi connectivity index (χ1) is 6.95. The minimum absolute atomic E-state index is 0.573. The average molecular weight is 186 g/mol. The first-order valence-electron chi connectivity index (χ1n) is 4.14. The summed E-state index contributed by atoms with van der Waals surface area (Å²) >= 11 is 0. The van der Waals surface area contributed by atoms with Gasteiger partial charge in [0.2, 0.25) is 12.2 Å². The van der Waals surface area contributed by atoms with Crippen LogP contribution in [0.15, 0.2) is 35.4 Å². The number of aromatic amines is 1. The number of H-pyrrole nitrogens is 1. The van der Waals surface area contributed by atoms with Crippen LogP contribution in [0, 0.1) is 0 Å². The zero-order valence-electron chi connectivity index (χ0n) is 7.14. The van der Waals surface area contributed by atoms with Gasteiger partial charge in [0.1, 0.15) is 5.65 Å². The highest BCUT2D eigenvalue weighted by Gasteiger charge is 2.09. The molecule has 0 aliphatic heterocycles. The summed E-state index contributed by atoms with van der Waals surface area (Å²) in [5.41, 5.74) is 1.73. The Labute approximate surface area is 78.8 Å². The highest BCUT2D eigenvalue weighted by atomic mass is 16.5. The highest BCUT2D eigenvalue weighted by Crippen LogP contribution is 2.23. The van der Waals surface area contributed by atoms with Crippen molar-refractivity contribution in [3.05, 3.63) is 30.9 Å². The lowest BCUT2D eigenvalue weighted by Crippen LogP contribution is -1.77. The van der Waals surface area contributed by atoms with Crippen LogP contribution in [0.3, 0.4) is 0 Å². The highest BCUT2D eigenvalue weighted by molar-refractivity contribution is 5.91. The molecule has 0 aliphatic rings. The number of pyridine rings is 1. The van der Waals surface area contributed by atoms with Crippen LogP contribution < -0.4 is 0 Å². The maximum Gasteiger partial charge on any atom is 0.214 e. The third-order valence-corrected chi connectivity index (χ3v) is 2.05. The molecule has 0 bridgehead atoms. The molecule has 68 valence electrons. The molecule has 3 aromatic rings. The van der Waals surface area contributed by atoms with Crippen molar-refractivity contribution in [3.8, 4) is 11.4 Å². The van der Waals surface area contributed by atoms with E-state index in [9.17, 15) is 0 Å². The molecule has 0 saturated heterocycles. The zero-order chi connectivity index (χ0) is 9.38. The van der Waals surface area contributed by atoms with Crippen molar-refractivity contribution in [3.63, 3.8) is 0 Å². The van der Waals surface area contributed by atoms with E-state index in [2.05, 4.69) is 20.1 Å². The first kappa shape index (κ1) is 7.25. The first-order valence-corrected chi connectivity index (χ1v) is 4.14. The van der Waals surface area contributed by atoms with E-state index in [0.29, 0.717) is 5.82 Å². The van der Waals surface area contributed by atoms with E-state index in [1.54, 1.807) is 6.20 Å². The molecule has 0 amide bonds. The summed E-state index contributed by atoms with van der Waals surface area (Å²) in [7, 11) is 0. The average Bonchev–Trinajstić information content (AvgIpc) is 2.85. The van der Waals surface area contributed by atoms with Gasteiger partial charge in [0.05, 0.1) is 0 Å². The number of nitrogens with one attached hydrogen (secondary N) is 1. The Balaban J connectivity index is 2.33. The monoisotopic (exact) mass is 186 g/mol. The Morgan fingerprint density at radius 2 is 2.29 bits per heavy atom. The van der Waals surface area contributed by atoms with Crippen LogP contribution in [0.25, 0.3) is 22.4 Å². The van der Waals surface area contributed by atoms with Gasteiger partial charge in [0, 0.05) is 23.3 Å². The zero-order valence-corrected chi connectivity index (χ0v) is 7.14.